The fourth-order valence-corrected chi connectivity index (χ4v) is 2.43. The highest BCUT2D eigenvalue weighted by molar-refractivity contribution is 5.48. The van der Waals surface area contributed by atoms with Crippen molar-refractivity contribution >= 4 is 5.69 Å². The van der Waals surface area contributed by atoms with Gasteiger partial charge in [0.2, 0.25) is 0 Å². The fourth-order valence-electron chi connectivity index (χ4n) is 2.43. The van der Waals surface area contributed by atoms with Crippen LogP contribution in [0.25, 0.3) is 0 Å². The minimum absolute atomic E-state index is 0.228. The van der Waals surface area contributed by atoms with Gasteiger partial charge in [-0.05, 0) is 24.1 Å². The van der Waals surface area contributed by atoms with E-state index in [4.69, 9.17) is 10.5 Å². The highest BCUT2D eigenvalue weighted by Crippen LogP contribution is 2.17. The summed E-state index contributed by atoms with van der Waals surface area (Å²) in [5, 5.41) is 10.5. The Morgan fingerprint density at radius 1 is 1.17 bits per heavy atom. The Morgan fingerprint density at radius 2 is 2.00 bits per heavy atom. The monoisotopic (exact) mass is 323 g/mol. The van der Waals surface area contributed by atoms with E-state index in [9.17, 15) is 0 Å². The van der Waals surface area contributed by atoms with Crippen molar-refractivity contribution in [3.63, 3.8) is 0 Å². The van der Waals surface area contributed by atoms with Gasteiger partial charge < -0.3 is 15.8 Å². The Labute approximate surface area is 141 Å². The van der Waals surface area contributed by atoms with Gasteiger partial charge >= 0.3 is 0 Å². The van der Waals surface area contributed by atoms with E-state index < -0.39 is 0 Å². The van der Waals surface area contributed by atoms with Gasteiger partial charge in [0.25, 0.3) is 0 Å². The average molecular weight is 323 g/mol. The summed E-state index contributed by atoms with van der Waals surface area (Å²) in [6.45, 7) is 0.540. The third kappa shape index (κ3) is 4.11. The number of methoxy groups -OCH3 is 1. The summed E-state index contributed by atoms with van der Waals surface area (Å²) in [6.07, 6.45) is 0.710. The zero-order valence-corrected chi connectivity index (χ0v) is 13.6. The molecule has 2 aromatic carbocycles. The van der Waals surface area contributed by atoms with Crippen LogP contribution in [0.1, 0.15) is 23.3 Å². The van der Waals surface area contributed by atoms with Crippen molar-refractivity contribution in [2.75, 3.05) is 12.4 Å². The van der Waals surface area contributed by atoms with E-state index in [-0.39, 0.29) is 6.04 Å². The zero-order chi connectivity index (χ0) is 16.8. The molecule has 0 radical (unpaired) electrons. The number of H-pyrrole nitrogens is 1. The smallest absolute Gasteiger partial charge is 0.167 e. The molecule has 1 aromatic heterocycles. The molecule has 0 unspecified atom stereocenters. The number of nitrogens with one attached hydrogen (secondary N) is 2. The molecule has 0 fully saturated rings. The maximum Gasteiger partial charge on any atom is 0.167 e. The van der Waals surface area contributed by atoms with Gasteiger partial charge in [-0.15, -0.1) is 0 Å². The first-order valence-electron chi connectivity index (χ1n) is 7.83. The molecule has 4 N–H and O–H groups in total. The van der Waals surface area contributed by atoms with E-state index in [1.807, 2.05) is 42.5 Å². The van der Waals surface area contributed by atoms with Gasteiger partial charge in [-0.1, -0.05) is 36.4 Å². The van der Waals surface area contributed by atoms with E-state index >= 15 is 0 Å². The lowest BCUT2D eigenvalue weighted by molar-refractivity contribution is 0.415. The third-order valence-electron chi connectivity index (χ3n) is 3.71. The van der Waals surface area contributed by atoms with Gasteiger partial charge in [0.1, 0.15) is 11.6 Å². The first-order chi connectivity index (χ1) is 11.7. The summed E-state index contributed by atoms with van der Waals surface area (Å²) >= 11 is 0. The molecule has 1 heterocycles. The van der Waals surface area contributed by atoms with Crippen LogP contribution in [0.5, 0.6) is 5.75 Å². The molecule has 3 aromatic rings. The quantitative estimate of drug-likeness (QED) is 0.622. The Kier molecular flexibility index (Phi) is 5.08. The molecule has 3 rings (SSSR count). The van der Waals surface area contributed by atoms with Gasteiger partial charge in [-0.3, -0.25) is 5.10 Å². The summed E-state index contributed by atoms with van der Waals surface area (Å²) in [7, 11) is 1.65. The highest BCUT2D eigenvalue weighted by atomic mass is 16.5. The number of nitrogens with zero attached hydrogens (tertiary/aromatic N) is 2. The molecule has 0 aliphatic carbocycles. The maximum atomic E-state index is 6.20. The number of aromatic nitrogens is 3. The van der Waals surface area contributed by atoms with Crippen LogP contribution >= 0.6 is 0 Å². The number of ether oxygens (including phenoxy) is 1. The number of anilines is 1. The van der Waals surface area contributed by atoms with Crippen LogP contribution in [-0.2, 0) is 13.0 Å². The van der Waals surface area contributed by atoms with Crippen molar-refractivity contribution in [3.05, 3.63) is 71.8 Å². The standard InChI is InChI=1S/C18H21N5O/c1-24-15-9-5-8-14(11-15)20-12-17-21-18(23-22-17)16(19)10-13-6-3-2-4-7-13/h2-9,11,16,20H,10,12,19H2,1H3,(H,21,22,23)/t16-/m1/s1. The van der Waals surface area contributed by atoms with E-state index in [2.05, 4.69) is 32.6 Å². The number of aromatic amines is 1. The van der Waals surface area contributed by atoms with Crippen molar-refractivity contribution < 1.29 is 4.74 Å². The van der Waals surface area contributed by atoms with E-state index in [0.717, 1.165) is 17.3 Å². The first-order valence-corrected chi connectivity index (χ1v) is 7.83. The number of nitrogens with two attached hydrogens (primary N) is 1. The lowest BCUT2D eigenvalue weighted by Gasteiger charge is -2.07. The molecule has 0 spiro atoms. The second kappa shape index (κ2) is 7.61. The van der Waals surface area contributed by atoms with Crippen molar-refractivity contribution in [2.45, 2.75) is 19.0 Å². The Balaban J connectivity index is 1.58. The van der Waals surface area contributed by atoms with E-state index in [1.165, 1.54) is 5.56 Å². The van der Waals surface area contributed by atoms with Crippen molar-refractivity contribution in [1.82, 2.24) is 15.2 Å². The lowest BCUT2D eigenvalue weighted by Crippen LogP contribution is -2.15. The van der Waals surface area contributed by atoms with Gasteiger partial charge in [0.15, 0.2) is 5.82 Å². The number of benzene rings is 2. The summed E-state index contributed by atoms with van der Waals surface area (Å²) < 4.78 is 5.21. The Hall–Kier alpha value is -2.86. The predicted molar refractivity (Wildman–Crippen MR) is 93.8 cm³/mol. The van der Waals surface area contributed by atoms with Gasteiger partial charge in [0.05, 0.1) is 19.7 Å². The van der Waals surface area contributed by atoms with Crippen molar-refractivity contribution in [3.8, 4) is 5.75 Å². The molecule has 0 aliphatic heterocycles. The van der Waals surface area contributed by atoms with E-state index in [1.54, 1.807) is 7.11 Å². The van der Waals surface area contributed by atoms with Crippen LogP contribution in [0.4, 0.5) is 5.69 Å². The maximum absolute atomic E-state index is 6.20. The highest BCUT2D eigenvalue weighted by Gasteiger charge is 2.13. The Morgan fingerprint density at radius 3 is 2.79 bits per heavy atom. The first kappa shape index (κ1) is 16.0. The zero-order valence-electron chi connectivity index (χ0n) is 13.6. The predicted octanol–water partition coefficient (Wildman–Crippen LogP) is 2.67. The molecule has 0 bridgehead atoms. The van der Waals surface area contributed by atoms with Gasteiger partial charge in [-0.2, -0.15) is 5.10 Å². The van der Waals surface area contributed by atoms with Crippen LogP contribution in [0.3, 0.4) is 0 Å². The van der Waals surface area contributed by atoms with Gasteiger partial charge in [0, 0.05) is 11.8 Å². The molecule has 6 nitrogen and oxygen atoms in total. The number of hydrogen-bond acceptors (Lipinski definition) is 5. The summed E-state index contributed by atoms with van der Waals surface area (Å²) in [5.41, 5.74) is 8.33. The molecule has 0 saturated heterocycles. The molecule has 1 atom stereocenters. The minimum Gasteiger partial charge on any atom is -0.497 e. The van der Waals surface area contributed by atoms with Crippen LogP contribution in [0.15, 0.2) is 54.6 Å². The lowest BCUT2D eigenvalue weighted by atomic mass is 10.1. The molecular weight excluding hydrogens is 302 g/mol. The number of hydrogen-bond donors (Lipinski definition) is 3. The van der Waals surface area contributed by atoms with Crippen molar-refractivity contribution in [1.29, 1.82) is 0 Å². The molecule has 24 heavy (non-hydrogen) atoms. The molecule has 0 saturated carbocycles. The molecule has 0 aliphatic rings. The summed E-state index contributed by atoms with van der Waals surface area (Å²) in [4.78, 5) is 4.48. The minimum atomic E-state index is -0.228. The van der Waals surface area contributed by atoms with Crippen LogP contribution in [0, 0.1) is 0 Å². The third-order valence-corrected chi connectivity index (χ3v) is 3.71. The normalized spacial score (nSPS) is 11.9. The summed E-state index contributed by atoms with van der Waals surface area (Å²) in [6, 6.07) is 17.6. The molecule has 6 heteroatoms. The van der Waals surface area contributed by atoms with E-state index in [0.29, 0.717) is 18.8 Å². The summed E-state index contributed by atoms with van der Waals surface area (Å²) in [5.74, 6) is 2.18. The largest absolute Gasteiger partial charge is 0.497 e. The molecule has 0 amide bonds. The Bertz CT molecular complexity index is 772. The van der Waals surface area contributed by atoms with Crippen molar-refractivity contribution in [2.24, 2.45) is 5.73 Å². The number of rotatable bonds is 7. The average Bonchev–Trinajstić information content (AvgIpc) is 3.10. The second-order valence-electron chi connectivity index (χ2n) is 5.52. The van der Waals surface area contributed by atoms with Crippen LogP contribution in [0.2, 0.25) is 0 Å². The van der Waals surface area contributed by atoms with Crippen LogP contribution in [-0.4, -0.2) is 22.3 Å². The molecule has 124 valence electrons. The molecular formula is C18H21N5O. The van der Waals surface area contributed by atoms with Crippen LogP contribution < -0.4 is 15.8 Å². The second-order valence-corrected chi connectivity index (χ2v) is 5.52. The topological polar surface area (TPSA) is 88.8 Å². The van der Waals surface area contributed by atoms with Gasteiger partial charge in [-0.25, -0.2) is 4.98 Å². The fraction of sp³-hybridized carbons (Fsp3) is 0.222. The SMILES string of the molecule is COc1cccc(NCc2nc([C@H](N)Cc3ccccc3)n[nH]2)c1.